The van der Waals surface area contributed by atoms with Crippen LogP contribution in [0.15, 0.2) is 22.8 Å². The molecule has 0 spiro atoms. The highest BCUT2D eigenvalue weighted by atomic mass is 16.4. The summed E-state index contributed by atoms with van der Waals surface area (Å²) in [5, 5.41) is 0. The second-order valence-electron chi connectivity index (χ2n) is 3.61. The van der Waals surface area contributed by atoms with Crippen molar-refractivity contribution in [1.29, 1.82) is 0 Å². The maximum Gasteiger partial charge on any atom is 0.304 e. The molecule has 0 aliphatic heterocycles. The third-order valence-corrected chi connectivity index (χ3v) is 2.15. The van der Waals surface area contributed by atoms with Crippen LogP contribution in [0.4, 0.5) is 6.01 Å². The molecule has 1 rings (SSSR count). The summed E-state index contributed by atoms with van der Waals surface area (Å²) in [5.41, 5.74) is 0.782. The van der Waals surface area contributed by atoms with Crippen molar-refractivity contribution in [3.63, 3.8) is 0 Å². The molecule has 0 fully saturated rings. The standard InChI is InChI=1S/C12H18N2O2/c1-4-6-8-14(11(15)7-5-2)12-13-10(3)9-16-12/h5,7,9H,4,6,8H2,1-3H3/b7-5+. The molecular weight excluding hydrogens is 204 g/mol. The summed E-state index contributed by atoms with van der Waals surface area (Å²) in [7, 11) is 0. The number of hydrogen-bond acceptors (Lipinski definition) is 3. The average Bonchev–Trinajstić information content (AvgIpc) is 2.66. The van der Waals surface area contributed by atoms with Crippen molar-refractivity contribution in [3.05, 3.63) is 24.1 Å². The summed E-state index contributed by atoms with van der Waals surface area (Å²) in [5.74, 6) is -0.0854. The maximum atomic E-state index is 11.8. The van der Waals surface area contributed by atoms with Gasteiger partial charge >= 0.3 is 6.01 Å². The minimum absolute atomic E-state index is 0.0854. The van der Waals surface area contributed by atoms with E-state index in [-0.39, 0.29) is 5.91 Å². The molecule has 4 nitrogen and oxygen atoms in total. The van der Waals surface area contributed by atoms with Crippen molar-refractivity contribution >= 4 is 11.9 Å². The molecular formula is C12H18N2O2. The Balaban J connectivity index is 2.82. The number of aryl methyl sites for hydroxylation is 1. The van der Waals surface area contributed by atoms with Gasteiger partial charge in [-0.1, -0.05) is 19.4 Å². The molecule has 0 radical (unpaired) electrons. The van der Waals surface area contributed by atoms with Crippen LogP contribution >= 0.6 is 0 Å². The van der Waals surface area contributed by atoms with Gasteiger partial charge in [-0.15, -0.1) is 0 Å². The molecule has 1 heterocycles. The lowest BCUT2D eigenvalue weighted by Gasteiger charge is -2.16. The Morgan fingerprint density at radius 2 is 2.38 bits per heavy atom. The van der Waals surface area contributed by atoms with Crippen molar-refractivity contribution in [3.8, 4) is 0 Å². The van der Waals surface area contributed by atoms with Gasteiger partial charge in [-0.2, -0.15) is 4.98 Å². The van der Waals surface area contributed by atoms with Crippen LogP contribution in [0.25, 0.3) is 0 Å². The van der Waals surface area contributed by atoms with Crippen LogP contribution in [0.2, 0.25) is 0 Å². The van der Waals surface area contributed by atoms with E-state index in [4.69, 9.17) is 4.42 Å². The van der Waals surface area contributed by atoms with Crippen LogP contribution < -0.4 is 4.90 Å². The molecule has 0 bridgehead atoms. The molecule has 0 aliphatic rings. The van der Waals surface area contributed by atoms with E-state index in [0.717, 1.165) is 18.5 Å². The molecule has 88 valence electrons. The first-order valence-corrected chi connectivity index (χ1v) is 5.55. The van der Waals surface area contributed by atoms with Gasteiger partial charge in [-0.3, -0.25) is 9.69 Å². The lowest BCUT2D eigenvalue weighted by Crippen LogP contribution is -2.30. The quantitative estimate of drug-likeness (QED) is 0.719. The number of nitrogens with zero attached hydrogens (tertiary/aromatic N) is 2. The van der Waals surface area contributed by atoms with Crippen LogP contribution in [0.1, 0.15) is 32.4 Å². The van der Waals surface area contributed by atoms with E-state index in [1.165, 1.54) is 6.08 Å². The van der Waals surface area contributed by atoms with Crippen molar-refractivity contribution in [2.75, 3.05) is 11.4 Å². The van der Waals surface area contributed by atoms with E-state index < -0.39 is 0 Å². The molecule has 0 atom stereocenters. The number of allylic oxidation sites excluding steroid dienone is 1. The second kappa shape index (κ2) is 6.10. The molecule has 16 heavy (non-hydrogen) atoms. The molecule has 1 aromatic heterocycles. The fraction of sp³-hybridized carbons (Fsp3) is 0.500. The topological polar surface area (TPSA) is 46.3 Å². The molecule has 0 aliphatic carbocycles. The highest BCUT2D eigenvalue weighted by Gasteiger charge is 2.17. The van der Waals surface area contributed by atoms with Gasteiger partial charge in [0, 0.05) is 6.54 Å². The molecule has 0 saturated heterocycles. The average molecular weight is 222 g/mol. The number of rotatable bonds is 5. The summed E-state index contributed by atoms with van der Waals surface area (Å²) < 4.78 is 5.25. The summed E-state index contributed by atoms with van der Waals surface area (Å²) in [4.78, 5) is 17.5. The first-order chi connectivity index (χ1) is 7.69. The van der Waals surface area contributed by atoms with Gasteiger partial charge in [-0.05, 0) is 26.3 Å². The van der Waals surface area contributed by atoms with Crippen LogP contribution in [0, 0.1) is 6.92 Å². The fourth-order valence-corrected chi connectivity index (χ4v) is 1.31. The third kappa shape index (κ3) is 3.22. The van der Waals surface area contributed by atoms with Gasteiger partial charge in [0.1, 0.15) is 6.26 Å². The van der Waals surface area contributed by atoms with Crippen molar-refractivity contribution in [2.45, 2.75) is 33.6 Å². The van der Waals surface area contributed by atoms with Crippen molar-refractivity contribution in [2.24, 2.45) is 0 Å². The Morgan fingerprint density at radius 1 is 1.62 bits per heavy atom. The summed E-state index contributed by atoms with van der Waals surface area (Å²) >= 11 is 0. The molecule has 0 aromatic carbocycles. The Bertz CT molecular complexity index is 369. The van der Waals surface area contributed by atoms with Gasteiger partial charge in [0.05, 0.1) is 5.69 Å². The lowest BCUT2D eigenvalue weighted by atomic mass is 10.3. The molecule has 0 N–H and O–H groups in total. The minimum atomic E-state index is -0.0854. The Kier molecular flexibility index (Phi) is 4.76. The van der Waals surface area contributed by atoms with E-state index in [0.29, 0.717) is 12.6 Å². The zero-order valence-corrected chi connectivity index (χ0v) is 10.1. The Hall–Kier alpha value is -1.58. The zero-order chi connectivity index (χ0) is 12.0. The van der Waals surface area contributed by atoms with Gasteiger partial charge in [0.15, 0.2) is 0 Å². The van der Waals surface area contributed by atoms with Gasteiger partial charge in [0.25, 0.3) is 5.91 Å². The van der Waals surface area contributed by atoms with Crippen LogP contribution in [-0.4, -0.2) is 17.4 Å². The number of aromatic nitrogens is 1. The summed E-state index contributed by atoms with van der Waals surface area (Å²) in [6.45, 7) is 6.38. The number of carbonyl (C=O) groups excluding carboxylic acids is 1. The fourth-order valence-electron chi connectivity index (χ4n) is 1.31. The van der Waals surface area contributed by atoms with Gasteiger partial charge in [-0.25, -0.2) is 0 Å². The Labute approximate surface area is 96.0 Å². The van der Waals surface area contributed by atoms with Gasteiger partial charge < -0.3 is 4.42 Å². The van der Waals surface area contributed by atoms with Crippen LogP contribution in [0.5, 0.6) is 0 Å². The lowest BCUT2D eigenvalue weighted by molar-refractivity contribution is -0.114. The first kappa shape index (κ1) is 12.5. The van der Waals surface area contributed by atoms with E-state index in [9.17, 15) is 4.79 Å². The van der Waals surface area contributed by atoms with E-state index >= 15 is 0 Å². The predicted octanol–water partition coefficient (Wildman–Crippen LogP) is 2.69. The number of carbonyl (C=O) groups is 1. The zero-order valence-electron chi connectivity index (χ0n) is 10.1. The van der Waals surface area contributed by atoms with Crippen LogP contribution in [-0.2, 0) is 4.79 Å². The first-order valence-electron chi connectivity index (χ1n) is 5.55. The van der Waals surface area contributed by atoms with Crippen LogP contribution in [0.3, 0.4) is 0 Å². The highest BCUT2D eigenvalue weighted by molar-refractivity contribution is 5.99. The summed E-state index contributed by atoms with van der Waals surface area (Å²) in [6.07, 6.45) is 6.76. The summed E-state index contributed by atoms with van der Waals surface area (Å²) in [6, 6.07) is 0.383. The molecule has 0 saturated carbocycles. The van der Waals surface area contributed by atoms with E-state index in [2.05, 4.69) is 11.9 Å². The van der Waals surface area contributed by atoms with Gasteiger partial charge in [0.2, 0.25) is 0 Å². The monoisotopic (exact) mass is 222 g/mol. The number of oxazole rings is 1. The number of hydrogen-bond donors (Lipinski definition) is 0. The normalized spacial score (nSPS) is 10.9. The molecule has 0 unspecified atom stereocenters. The minimum Gasteiger partial charge on any atom is -0.431 e. The highest BCUT2D eigenvalue weighted by Crippen LogP contribution is 2.14. The predicted molar refractivity (Wildman–Crippen MR) is 63.3 cm³/mol. The second-order valence-corrected chi connectivity index (χ2v) is 3.61. The number of amides is 1. The molecule has 1 amide bonds. The number of unbranched alkanes of at least 4 members (excludes halogenated alkanes) is 1. The third-order valence-electron chi connectivity index (χ3n) is 2.15. The Morgan fingerprint density at radius 3 is 2.88 bits per heavy atom. The maximum absolute atomic E-state index is 11.8. The largest absolute Gasteiger partial charge is 0.431 e. The van der Waals surface area contributed by atoms with E-state index in [1.807, 2.05) is 13.8 Å². The van der Waals surface area contributed by atoms with Crippen molar-refractivity contribution < 1.29 is 9.21 Å². The van der Waals surface area contributed by atoms with Crippen molar-refractivity contribution in [1.82, 2.24) is 4.98 Å². The molecule has 4 heteroatoms. The van der Waals surface area contributed by atoms with E-state index in [1.54, 1.807) is 17.2 Å². The number of anilines is 1. The molecule has 1 aromatic rings. The smallest absolute Gasteiger partial charge is 0.304 e. The SMILES string of the molecule is C/C=C/C(=O)N(CCCC)c1nc(C)co1.